The number of carbonyl (C=O) groups excluding carboxylic acids is 1. The van der Waals surface area contributed by atoms with E-state index < -0.39 is 12.1 Å². The van der Waals surface area contributed by atoms with Crippen LogP contribution < -0.4 is 4.90 Å². The topological polar surface area (TPSA) is 86.9 Å². The summed E-state index contributed by atoms with van der Waals surface area (Å²) in [5.74, 6) is -2.22. The van der Waals surface area contributed by atoms with Gasteiger partial charge in [0.05, 0.1) is 0 Å². The minimum atomic E-state index is -5.08. The monoisotopic (exact) mass is 481 g/mol. The first-order valence-corrected chi connectivity index (χ1v) is 11.3. The molecule has 34 heavy (non-hydrogen) atoms. The van der Waals surface area contributed by atoms with Crippen LogP contribution >= 0.6 is 0 Å². The molecule has 0 aliphatic carbocycles. The van der Waals surface area contributed by atoms with Gasteiger partial charge in [-0.25, -0.2) is 9.78 Å². The van der Waals surface area contributed by atoms with Gasteiger partial charge in [0, 0.05) is 44.2 Å². The highest BCUT2D eigenvalue weighted by atomic mass is 19.4. The lowest BCUT2D eigenvalue weighted by molar-refractivity contribution is -0.192. The van der Waals surface area contributed by atoms with E-state index in [2.05, 4.69) is 46.8 Å². The number of aliphatic carboxylic acids is 1. The number of halogens is 3. The van der Waals surface area contributed by atoms with Gasteiger partial charge in [0.2, 0.25) is 0 Å². The molecule has 10 heteroatoms. The second-order valence-electron chi connectivity index (χ2n) is 8.88. The summed E-state index contributed by atoms with van der Waals surface area (Å²) in [5, 5.41) is 7.12. The van der Waals surface area contributed by atoms with Crippen LogP contribution in [0, 0.1) is 13.8 Å². The molecule has 0 spiro atoms. The number of alkyl halides is 3. The fourth-order valence-corrected chi connectivity index (χ4v) is 4.58. The van der Waals surface area contributed by atoms with Crippen molar-refractivity contribution >= 4 is 17.4 Å². The lowest BCUT2D eigenvalue weighted by Gasteiger charge is -2.28. The maximum absolute atomic E-state index is 12.4. The first-order valence-electron chi connectivity index (χ1n) is 11.3. The van der Waals surface area contributed by atoms with E-state index in [9.17, 15) is 18.0 Å². The standard InChI is InChI=1S/C22H29N3O2.C2HF3O2/c1-15-11-19(24-10-8-20(13-24)25-9-4-5-16(25)2)7-6-18(15)12-22(26)21-14-27-17(3)23-21;3-2(4,5)1(6)7/h6-7,11,14,16,20H,4-5,8-10,12-13H2,1-3H3;(H,6,7)/t16-,20-;/m0./s1. The van der Waals surface area contributed by atoms with Crippen molar-refractivity contribution in [3.63, 3.8) is 0 Å². The third-order valence-electron chi connectivity index (χ3n) is 6.43. The van der Waals surface area contributed by atoms with Crippen LogP contribution in [0.5, 0.6) is 0 Å². The summed E-state index contributed by atoms with van der Waals surface area (Å²) in [5.41, 5.74) is 3.92. The van der Waals surface area contributed by atoms with E-state index in [0.717, 1.165) is 24.7 Å². The maximum Gasteiger partial charge on any atom is 0.490 e. The third kappa shape index (κ3) is 6.37. The van der Waals surface area contributed by atoms with E-state index in [-0.39, 0.29) is 5.78 Å². The molecule has 2 aliphatic rings. The summed E-state index contributed by atoms with van der Waals surface area (Å²) in [7, 11) is 0. The van der Waals surface area contributed by atoms with Crippen molar-refractivity contribution in [2.75, 3.05) is 24.5 Å². The van der Waals surface area contributed by atoms with Crippen LogP contribution in [0.4, 0.5) is 18.9 Å². The zero-order valence-corrected chi connectivity index (χ0v) is 19.6. The van der Waals surface area contributed by atoms with Crippen molar-refractivity contribution in [3.05, 3.63) is 47.2 Å². The van der Waals surface area contributed by atoms with E-state index in [4.69, 9.17) is 14.3 Å². The molecule has 2 aliphatic heterocycles. The van der Waals surface area contributed by atoms with Crippen LogP contribution in [0.3, 0.4) is 0 Å². The molecule has 2 saturated heterocycles. The fraction of sp³-hybridized carbons (Fsp3) is 0.542. The number of oxazole rings is 1. The van der Waals surface area contributed by atoms with Gasteiger partial charge in [-0.2, -0.15) is 13.2 Å². The van der Waals surface area contributed by atoms with Gasteiger partial charge in [-0.05, 0) is 62.9 Å². The first-order chi connectivity index (χ1) is 16.0. The molecule has 2 fully saturated rings. The van der Waals surface area contributed by atoms with Gasteiger partial charge in [0.1, 0.15) is 12.0 Å². The number of carboxylic acids is 1. The Morgan fingerprint density at radius 2 is 1.91 bits per heavy atom. The summed E-state index contributed by atoms with van der Waals surface area (Å²) in [6.07, 6.45) is 0.653. The molecule has 0 amide bonds. The lowest BCUT2D eigenvalue weighted by Crippen LogP contribution is -2.39. The Hall–Kier alpha value is -2.88. The van der Waals surface area contributed by atoms with Crippen molar-refractivity contribution in [3.8, 4) is 0 Å². The Morgan fingerprint density at radius 1 is 1.21 bits per heavy atom. The highest BCUT2D eigenvalue weighted by molar-refractivity contribution is 5.95. The third-order valence-corrected chi connectivity index (χ3v) is 6.43. The molecule has 1 N–H and O–H groups in total. The van der Waals surface area contributed by atoms with E-state index in [0.29, 0.717) is 24.0 Å². The maximum atomic E-state index is 12.4. The van der Waals surface area contributed by atoms with Crippen LogP contribution in [0.2, 0.25) is 0 Å². The van der Waals surface area contributed by atoms with Crippen molar-refractivity contribution in [2.45, 2.75) is 64.7 Å². The van der Waals surface area contributed by atoms with E-state index in [1.807, 2.05) is 0 Å². The van der Waals surface area contributed by atoms with E-state index in [1.54, 1.807) is 6.92 Å². The quantitative estimate of drug-likeness (QED) is 0.633. The number of likely N-dealkylation sites (tertiary alicyclic amines) is 1. The number of rotatable bonds is 5. The van der Waals surface area contributed by atoms with E-state index >= 15 is 0 Å². The number of hydrogen-bond acceptors (Lipinski definition) is 6. The van der Waals surface area contributed by atoms with Gasteiger partial charge >= 0.3 is 12.1 Å². The zero-order valence-electron chi connectivity index (χ0n) is 19.6. The Kier molecular flexibility index (Phi) is 8.01. The minimum Gasteiger partial charge on any atom is -0.475 e. The fourth-order valence-electron chi connectivity index (χ4n) is 4.58. The molecule has 0 unspecified atom stereocenters. The van der Waals surface area contributed by atoms with Crippen molar-refractivity contribution in [1.29, 1.82) is 0 Å². The minimum absolute atomic E-state index is 0.00644. The number of benzene rings is 1. The van der Waals surface area contributed by atoms with Crippen LogP contribution in [0.15, 0.2) is 28.9 Å². The Labute approximate surface area is 196 Å². The largest absolute Gasteiger partial charge is 0.490 e. The number of aromatic nitrogens is 1. The average molecular weight is 482 g/mol. The number of aryl methyl sites for hydroxylation is 2. The van der Waals surface area contributed by atoms with Crippen LogP contribution in [0.1, 0.15) is 53.7 Å². The highest BCUT2D eigenvalue weighted by Gasteiger charge is 2.38. The number of anilines is 1. The zero-order chi connectivity index (χ0) is 25.0. The Bertz CT molecular complexity index is 1020. The van der Waals surface area contributed by atoms with Crippen LogP contribution in [-0.2, 0) is 11.2 Å². The predicted octanol–water partition coefficient (Wildman–Crippen LogP) is 4.41. The molecule has 4 rings (SSSR count). The molecule has 7 nitrogen and oxygen atoms in total. The molecule has 2 aromatic rings. The normalized spacial score (nSPS) is 20.8. The van der Waals surface area contributed by atoms with Crippen molar-refractivity contribution in [1.82, 2.24) is 9.88 Å². The second-order valence-corrected chi connectivity index (χ2v) is 8.88. The number of nitrogens with zero attached hydrogens (tertiary/aromatic N) is 3. The lowest BCUT2D eigenvalue weighted by atomic mass is 10.0. The smallest absolute Gasteiger partial charge is 0.475 e. The summed E-state index contributed by atoms with van der Waals surface area (Å²) in [6.45, 7) is 9.69. The number of Topliss-reactive ketones (excluding diaryl/α,β-unsaturated/α-hetero) is 1. The predicted molar refractivity (Wildman–Crippen MR) is 120 cm³/mol. The summed E-state index contributed by atoms with van der Waals surface area (Å²) < 4.78 is 36.9. The van der Waals surface area contributed by atoms with Crippen molar-refractivity contribution in [2.24, 2.45) is 0 Å². The molecule has 1 aromatic carbocycles. The molecular formula is C24H30F3N3O4. The second kappa shape index (κ2) is 10.6. The summed E-state index contributed by atoms with van der Waals surface area (Å²) in [4.78, 5) is 30.6. The molecule has 2 atom stereocenters. The van der Waals surface area contributed by atoms with Crippen LogP contribution in [0.25, 0.3) is 0 Å². The Balaban J connectivity index is 0.000000406. The van der Waals surface area contributed by atoms with Crippen LogP contribution in [-0.4, -0.2) is 64.6 Å². The molecular weight excluding hydrogens is 451 g/mol. The Morgan fingerprint density at radius 3 is 2.44 bits per heavy atom. The molecule has 0 bridgehead atoms. The molecule has 3 heterocycles. The molecule has 186 valence electrons. The summed E-state index contributed by atoms with van der Waals surface area (Å²) >= 11 is 0. The number of hydrogen-bond donors (Lipinski definition) is 1. The van der Waals surface area contributed by atoms with Crippen molar-refractivity contribution < 1.29 is 32.3 Å². The first kappa shape index (κ1) is 25.7. The number of ketones is 1. The number of carbonyl (C=O) groups is 2. The van der Waals surface area contributed by atoms with E-state index in [1.165, 1.54) is 43.3 Å². The van der Waals surface area contributed by atoms with Gasteiger partial charge in [0.25, 0.3) is 0 Å². The van der Waals surface area contributed by atoms with Gasteiger partial charge in [-0.3, -0.25) is 9.69 Å². The molecule has 1 aromatic heterocycles. The number of carboxylic acid groups (broad SMARTS) is 1. The average Bonchev–Trinajstić information content (AvgIpc) is 3.50. The SMILES string of the molecule is Cc1nc(C(=O)Cc2ccc(N3CC[C@H](N4CCC[C@@H]4C)C3)cc2C)co1.O=C(O)C(F)(F)F. The van der Waals surface area contributed by atoms with Gasteiger partial charge in [-0.1, -0.05) is 6.07 Å². The molecule has 0 saturated carbocycles. The van der Waals surface area contributed by atoms with Gasteiger partial charge in [0.15, 0.2) is 11.7 Å². The summed E-state index contributed by atoms with van der Waals surface area (Å²) in [6, 6.07) is 7.90. The highest BCUT2D eigenvalue weighted by Crippen LogP contribution is 2.29. The van der Waals surface area contributed by atoms with Gasteiger partial charge < -0.3 is 14.4 Å². The molecule has 0 radical (unpaired) electrons. The van der Waals surface area contributed by atoms with Gasteiger partial charge in [-0.15, -0.1) is 0 Å².